The number of aldehydes is 1. The fraction of sp³-hybridized carbons (Fsp3) is 0.778. The lowest BCUT2D eigenvalue weighted by Crippen LogP contribution is -2.53. The number of rotatable bonds is 3. The molecule has 0 aliphatic heterocycles. The van der Waals surface area contributed by atoms with Gasteiger partial charge in [0.1, 0.15) is 12.1 Å². The second-order valence-electron chi connectivity index (χ2n) is 3.81. The predicted octanol–water partition coefficient (Wildman–Crippen LogP) is 0.409. The molecule has 1 aliphatic carbocycles. The lowest BCUT2D eigenvalue weighted by atomic mass is 9.53. The Morgan fingerprint density at radius 1 is 1.75 bits per heavy atom. The van der Waals surface area contributed by atoms with Gasteiger partial charge in [0.25, 0.3) is 0 Å². The first-order chi connectivity index (χ1) is 5.56. The maximum atomic E-state index is 11.0. The van der Waals surface area contributed by atoms with Crippen molar-refractivity contribution in [1.82, 2.24) is 0 Å². The summed E-state index contributed by atoms with van der Waals surface area (Å²) in [4.78, 5) is 21.5. The number of Topliss-reactive ketones (excluding diaryl/α,β-unsaturated/α-hetero) is 1. The third-order valence-electron chi connectivity index (χ3n) is 3.13. The normalized spacial score (nSPS) is 40.2. The topological polar surface area (TPSA) is 54.4 Å². The highest BCUT2D eigenvalue weighted by Gasteiger charge is 2.53. The minimum Gasteiger partial charge on any atom is -0.396 e. The molecule has 3 atom stereocenters. The van der Waals surface area contributed by atoms with E-state index in [2.05, 4.69) is 0 Å². The van der Waals surface area contributed by atoms with E-state index in [1.54, 1.807) is 6.92 Å². The lowest BCUT2D eigenvalue weighted by molar-refractivity contribution is -0.148. The number of carbonyl (C=O) groups is 2. The van der Waals surface area contributed by atoms with E-state index in [-0.39, 0.29) is 24.2 Å². The molecule has 1 rings (SSSR count). The van der Waals surface area contributed by atoms with Gasteiger partial charge in [0.15, 0.2) is 0 Å². The van der Waals surface area contributed by atoms with E-state index < -0.39 is 5.41 Å². The van der Waals surface area contributed by atoms with Crippen LogP contribution in [0.4, 0.5) is 0 Å². The molecule has 0 aromatic rings. The molecule has 0 radical (unpaired) electrons. The summed E-state index contributed by atoms with van der Waals surface area (Å²) in [6, 6.07) is 0. The van der Waals surface area contributed by atoms with Gasteiger partial charge in [-0.15, -0.1) is 0 Å². The van der Waals surface area contributed by atoms with Crippen molar-refractivity contribution in [2.24, 2.45) is 17.3 Å². The molecule has 0 heterocycles. The number of carbonyl (C=O) groups excluding carboxylic acids is 2. The standard InChI is InChI=1S/C9H14O3/c1-6(12)8-3-7(4-10)9(8,2)5-11/h4,7-8,11H,3,5H2,1-2H3. The molecule has 3 unspecified atom stereocenters. The first kappa shape index (κ1) is 9.39. The largest absolute Gasteiger partial charge is 0.396 e. The van der Waals surface area contributed by atoms with Gasteiger partial charge in [0.2, 0.25) is 0 Å². The molecule has 1 saturated carbocycles. The van der Waals surface area contributed by atoms with Gasteiger partial charge in [-0.3, -0.25) is 4.79 Å². The summed E-state index contributed by atoms with van der Waals surface area (Å²) in [5, 5.41) is 9.06. The van der Waals surface area contributed by atoms with Gasteiger partial charge in [-0.2, -0.15) is 0 Å². The van der Waals surface area contributed by atoms with Gasteiger partial charge in [0, 0.05) is 23.9 Å². The van der Waals surface area contributed by atoms with Gasteiger partial charge in [0.05, 0.1) is 0 Å². The van der Waals surface area contributed by atoms with Crippen LogP contribution in [-0.2, 0) is 9.59 Å². The first-order valence-electron chi connectivity index (χ1n) is 4.13. The zero-order chi connectivity index (χ0) is 9.35. The molecule has 0 aromatic carbocycles. The minimum absolute atomic E-state index is 0.0738. The van der Waals surface area contributed by atoms with E-state index in [4.69, 9.17) is 5.11 Å². The summed E-state index contributed by atoms with van der Waals surface area (Å²) in [7, 11) is 0. The Balaban J connectivity index is 2.75. The van der Waals surface area contributed by atoms with Gasteiger partial charge < -0.3 is 9.90 Å². The third kappa shape index (κ3) is 1.08. The third-order valence-corrected chi connectivity index (χ3v) is 3.13. The molecule has 0 spiro atoms. The molecular formula is C9H14O3. The van der Waals surface area contributed by atoms with Crippen LogP contribution in [-0.4, -0.2) is 23.8 Å². The van der Waals surface area contributed by atoms with Crippen molar-refractivity contribution in [3.8, 4) is 0 Å². The molecule has 12 heavy (non-hydrogen) atoms. The van der Waals surface area contributed by atoms with Crippen LogP contribution in [0.2, 0.25) is 0 Å². The van der Waals surface area contributed by atoms with Crippen LogP contribution in [0.5, 0.6) is 0 Å². The van der Waals surface area contributed by atoms with Crippen molar-refractivity contribution in [2.45, 2.75) is 20.3 Å². The Kier molecular flexibility index (Phi) is 2.33. The molecule has 0 amide bonds. The minimum atomic E-state index is -0.492. The molecule has 1 N–H and O–H groups in total. The van der Waals surface area contributed by atoms with E-state index in [0.717, 1.165) is 6.29 Å². The Labute approximate surface area is 71.8 Å². The van der Waals surface area contributed by atoms with Crippen LogP contribution >= 0.6 is 0 Å². The number of ketones is 1. The van der Waals surface area contributed by atoms with Crippen LogP contribution in [0.15, 0.2) is 0 Å². The van der Waals surface area contributed by atoms with Crippen molar-refractivity contribution in [3.05, 3.63) is 0 Å². The molecule has 1 aliphatic rings. The molecule has 0 saturated heterocycles. The summed E-state index contributed by atoms with van der Waals surface area (Å²) in [5.41, 5.74) is -0.492. The van der Waals surface area contributed by atoms with Crippen molar-refractivity contribution >= 4 is 12.1 Å². The number of hydrogen-bond acceptors (Lipinski definition) is 3. The quantitative estimate of drug-likeness (QED) is 0.624. The molecule has 0 aromatic heterocycles. The van der Waals surface area contributed by atoms with Crippen LogP contribution in [0, 0.1) is 17.3 Å². The monoisotopic (exact) mass is 170 g/mol. The Bertz CT molecular complexity index is 212. The zero-order valence-corrected chi connectivity index (χ0v) is 7.41. The van der Waals surface area contributed by atoms with Crippen LogP contribution in [0.3, 0.4) is 0 Å². The fourth-order valence-electron chi connectivity index (χ4n) is 1.96. The van der Waals surface area contributed by atoms with Gasteiger partial charge >= 0.3 is 0 Å². The number of aliphatic hydroxyl groups excluding tert-OH is 1. The van der Waals surface area contributed by atoms with E-state index >= 15 is 0 Å². The summed E-state index contributed by atoms with van der Waals surface area (Å²) >= 11 is 0. The SMILES string of the molecule is CC(=O)C1CC(C=O)C1(C)CO. The molecule has 1 fully saturated rings. The maximum Gasteiger partial charge on any atom is 0.133 e. The summed E-state index contributed by atoms with van der Waals surface area (Å²) < 4.78 is 0. The average Bonchev–Trinajstić information content (AvgIpc) is 2.01. The molecule has 3 nitrogen and oxygen atoms in total. The van der Waals surface area contributed by atoms with Crippen molar-refractivity contribution in [2.75, 3.05) is 6.61 Å². The number of aliphatic hydroxyl groups is 1. The van der Waals surface area contributed by atoms with Crippen molar-refractivity contribution < 1.29 is 14.7 Å². The maximum absolute atomic E-state index is 11.0. The van der Waals surface area contributed by atoms with Crippen LogP contribution < -0.4 is 0 Å². The van der Waals surface area contributed by atoms with E-state index in [9.17, 15) is 9.59 Å². The van der Waals surface area contributed by atoms with Crippen molar-refractivity contribution in [1.29, 1.82) is 0 Å². The highest BCUT2D eigenvalue weighted by Crippen LogP contribution is 2.50. The summed E-state index contributed by atoms with van der Waals surface area (Å²) in [5.74, 6) is -0.196. The van der Waals surface area contributed by atoms with E-state index in [1.807, 2.05) is 0 Å². The van der Waals surface area contributed by atoms with Crippen LogP contribution in [0.25, 0.3) is 0 Å². The van der Waals surface area contributed by atoms with Crippen LogP contribution in [0.1, 0.15) is 20.3 Å². The summed E-state index contributed by atoms with van der Waals surface area (Å²) in [6.45, 7) is 3.22. The molecular weight excluding hydrogens is 156 g/mol. The smallest absolute Gasteiger partial charge is 0.133 e. The van der Waals surface area contributed by atoms with Gasteiger partial charge in [-0.05, 0) is 13.3 Å². The van der Waals surface area contributed by atoms with Crippen molar-refractivity contribution in [3.63, 3.8) is 0 Å². The fourth-order valence-corrected chi connectivity index (χ4v) is 1.96. The molecule has 68 valence electrons. The highest BCUT2D eigenvalue weighted by atomic mass is 16.3. The van der Waals surface area contributed by atoms with Gasteiger partial charge in [-0.25, -0.2) is 0 Å². The Morgan fingerprint density at radius 2 is 2.33 bits per heavy atom. The lowest BCUT2D eigenvalue weighted by Gasteiger charge is -2.49. The number of hydrogen-bond donors (Lipinski definition) is 1. The predicted molar refractivity (Wildman–Crippen MR) is 43.5 cm³/mol. The first-order valence-corrected chi connectivity index (χ1v) is 4.13. The van der Waals surface area contributed by atoms with Gasteiger partial charge in [-0.1, -0.05) is 6.92 Å². The summed E-state index contributed by atoms with van der Waals surface area (Å²) in [6.07, 6.45) is 1.45. The zero-order valence-electron chi connectivity index (χ0n) is 7.41. The molecule has 0 bridgehead atoms. The van der Waals surface area contributed by atoms with E-state index in [0.29, 0.717) is 6.42 Å². The Hall–Kier alpha value is -0.700. The van der Waals surface area contributed by atoms with E-state index in [1.165, 1.54) is 6.92 Å². The second-order valence-corrected chi connectivity index (χ2v) is 3.81. The Morgan fingerprint density at radius 3 is 2.67 bits per heavy atom. The average molecular weight is 170 g/mol. The highest BCUT2D eigenvalue weighted by molar-refractivity contribution is 5.82. The second kappa shape index (κ2) is 2.98. The molecule has 3 heteroatoms.